The number of hydrogen-bond acceptors (Lipinski definition) is 1. The summed E-state index contributed by atoms with van der Waals surface area (Å²) >= 11 is 0. The highest BCUT2D eigenvalue weighted by Crippen LogP contribution is 2.21. The summed E-state index contributed by atoms with van der Waals surface area (Å²) in [5, 5.41) is 9.84. The topological polar surface area (TPSA) is 20.2 Å². The Hall–Kier alpha value is -1.26. The van der Waals surface area contributed by atoms with Crippen molar-refractivity contribution in [2.45, 2.75) is 44.6 Å². The van der Waals surface area contributed by atoms with Gasteiger partial charge in [-0.2, -0.15) is 0 Å². The molecule has 0 aromatic heterocycles. The Balaban J connectivity index is 2.34. The van der Waals surface area contributed by atoms with Gasteiger partial charge in [-0.25, -0.2) is 0 Å². The Bertz CT molecular complexity index is 323. The predicted octanol–water partition coefficient (Wildman–Crippen LogP) is 3.34. The van der Waals surface area contributed by atoms with Gasteiger partial charge in [0.2, 0.25) is 0 Å². The molecule has 1 nitrogen and oxygen atoms in total. The third-order valence-electron chi connectivity index (χ3n) is 2.85. The Labute approximate surface area is 98.5 Å². The zero-order valence-corrected chi connectivity index (χ0v) is 9.89. The van der Waals surface area contributed by atoms with Crippen LogP contribution >= 0.6 is 0 Å². The second-order valence-corrected chi connectivity index (χ2v) is 4.30. The van der Waals surface area contributed by atoms with E-state index in [4.69, 9.17) is 6.42 Å². The molecular weight excluding hydrogens is 196 g/mol. The van der Waals surface area contributed by atoms with E-state index < -0.39 is 0 Å². The van der Waals surface area contributed by atoms with Gasteiger partial charge in [0.15, 0.2) is 0 Å². The fourth-order valence-electron chi connectivity index (χ4n) is 1.88. The molecule has 0 heterocycles. The molecule has 0 aliphatic carbocycles. The molecular formula is C15H20O. The largest absolute Gasteiger partial charge is 0.393 e. The molecule has 0 saturated carbocycles. The maximum atomic E-state index is 9.84. The zero-order chi connectivity index (χ0) is 11.8. The van der Waals surface area contributed by atoms with E-state index in [0.717, 1.165) is 25.7 Å². The summed E-state index contributed by atoms with van der Waals surface area (Å²) in [5.41, 5.74) is 1.29. The van der Waals surface area contributed by atoms with Gasteiger partial charge in [-0.1, -0.05) is 37.3 Å². The minimum Gasteiger partial charge on any atom is -0.393 e. The quantitative estimate of drug-likeness (QED) is 0.571. The zero-order valence-electron chi connectivity index (χ0n) is 9.89. The lowest BCUT2D eigenvalue weighted by molar-refractivity contribution is 0.145. The fraction of sp³-hybridized carbons (Fsp3) is 0.467. The van der Waals surface area contributed by atoms with E-state index in [2.05, 4.69) is 25.0 Å². The number of terminal acetylenes is 1. The summed E-state index contributed by atoms with van der Waals surface area (Å²) < 4.78 is 0. The van der Waals surface area contributed by atoms with Gasteiger partial charge in [-0.3, -0.25) is 0 Å². The lowest BCUT2D eigenvalue weighted by Gasteiger charge is -2.16. The Morgan fingerprint density at radius 1 is 1.31 bits per heavy atom. The van der Waals surface area contributed by atoms with Crippen molar-refractivity contribution in [3.05, 3.63) is 35.9 Å². The third kappa shape index (κ3) is 4.51. The van der Waals surface area contributed by atoms with Crippen LogP contribution in [0.3, 0.4) is 0 Å². The maximum absolute atomic E-state index is 9.84. The SMILES string of the molecule is C#CCCCC(O)CC(C)c1ccccc1. The highest BCUT2D eigenvalue weighted by Gasteiger charge is 2.11. The smallest absolute Gasteiger partial charge is 0.0546 e. The van der Waals surface area contributed by atoms with Crippen LogP contribution in [0.25, 0.3) is 0 Å². The Morgan fingerprint density at radius 2 is 2.00 bits per heavy atom. The Morgan fingerprint density at radius 3 is 2.62 bits per heavy atom. The van der Waals surface area contributed by atoms with Crippen LogP contribution in [0.5, 0.6) is 0 Å². The molecule has 0 radical (unpaired) electrons. The number of aliphatic hydroxyl groups excluding tert-OH is 1. The van der Waals surface area contributed by atoms with E-state index in [1.807, 2.05) is 18.2 Å². The molecule has 1 heteroatoms. The summed E-state index contributed by atoms with van der Waals surface area (Å²) in [4.78, 5) is 0. The first-order valence-corrected chi connectivity index (χ1v) is 5.90. The normalized spacial score (nSPS) is 14.1. The van der Waals surface area contributed by atoms with E-state index >= 15 is 0 Å². The molecule has 0 amide bonds. The molecule has 0 fully saturated rings. The molecule has 0 aliphatic rings. The molecule has 1 N–H and O–H groups in total. The van der Waals surface area contributed by atoms with E-state index in [-0.39, 0.29) is 6.10 Å². The van der Waals surface area contributed by atoms with E-state index in [1.165, 1.54) is 5.56 Å². The lowest BCUT2D eigenvalue weighted by Crippen LogP contribution is -2.10. The standard InChI is InChI=1S/C15H20O/c1-3-4-6-11-15(16)12-13(2)14-9-7-5-8-10-14/h1,5,7-10,13,15-16H,4,6,11-12H2,2H3. The van der Waals surface area contributed by atoms with E-state index in [1.54, 1.807) is 0 Å². The summed E-state index contributed by atoms with van der Waals surface area (Å²) in [6, 6.07) is 10.3. The molecule has 16 heavy (non-hydrogen) atoms. The summed E-state index contributed by atoms with van der Waals surface area (Å²) in [6.45, 7) is 2.15. The van der Waals surface area contributed by atoms with Crippen molar-refractivity contribution < 1.29 is 5.11 Å². The molecule has 0 spiro atoms. The van der Waals surface area contributed by atoms with Crippen LogP contribution in [0.2, 0.25) is 0 Å². The van der Waals surface area contributed by atoms with Gasteiger partial charge in [0, 0.05) is 6.42 Å². The molecule has 1 rings (SSSR count). The minimum absolute atomic E-state index is 0.233. The molecule has 1 aromatic carbocycles. The fourth-order valence-corrected chi connectivity index (χ4v) is 1.88. The van der Waals surface area contributed by atoms with E-state index in [9.17, 15) is 5.11 Å². The maximum Gasteiger partial charge on any atom is 0.0546 e. The second kappa shape index (κ2) is 7.09. The number of rotatable bonds is 6. The van der Waals surface area contributed by atoms with Gasteiger partial charge in [-0.15, -0.1) is 12.3 Å². The number of aliphatic hydroxyl groups is 1. The van der Waals surface area contributed by atoms with Crippen molar-refractivity contribution >= 4 is 0 Å². The van der Waals surface area contributed by atoms with Crippen LogP contribution in [-0.2, 0) is 0 Å². The summed E-state index contributed by atoms with van der Waals surface area (Å²) in [5.74, 6) is 3.00. The Kier molecular flexibility index (Phi) is 5.67. The molecule has 2 atom stereocenters. The van der Waals surface area contributed by atoms with Gasteiger partial charge in [-0.05, 0) is 30.7 Å². The van der Waals surface area contributed by atoms with Gasteiger partial charge in [0.1, 0.15) is 0 Å². The van der Waals surface area contributed by atoms with Gasteiger partial charge in [0.25, 0.3) is 0 Å². The average molecular weight is 216 g/mol. The molecule has 86 valence electrons. The molecule has 1 aromatic rings. The first-order valence-electron chi connectivity index (χ1n) is 5.90. The lowest BCUT2D eigenvalue weighted by atomic mass is 9.93. The minimum atomic E-state index is -0.233. The van der Waals surface area contributed by atoms with Crippen molar-refractivity contribution in [2.24, 2.45) is 0 Å². The van der Waals surface area contributed by atoms with Gasteiger partial charge in [0.05, 0.1) is 6.10 Å². The van der Waals surface area contributed by atoms with Crippen LogP contribution in [0.15, 0.2) is 30.3 Å². The highest BCUT2D eigenvalue weighted by molar-refractivity contribution is 5.18. The average Bonchev–Trinajstić information content (AvgIpc) is 2.30. The van der Waals surface area contributed by atoms with Crippen LogP contribution in [0, 0.1) is 12.3 Å². The third-order valence-corrected chi connectivity index (χ3v) is 2.85. The highest BCUT2D eigenvalue weighted by atomic mass is 16.3. The monoisotopic (exact) mass is 216 g/mol. The van der Waals surface area contributed by atoms with Gasteiger partial charge < -0.3 is 5.11 Å². The number of unbranched alkanes of at least 4 members (excludes halogenated alkanes) is 1. The van der Waals surface area contributed by atoms with Crippen molar-refractivity contribution in [1.82, 2.24) is 0 Å². The molecule has 2 unspecified atom stereocenters. The van der Waals surface area contributed by atoms with Gasteiger partial charge >= 0.3 is 0 Å². The predicted molar refractivity (Wildman–Crippen MR) is 68.2 cm³/mol. The van der Waals surface area contributed by atoms with Crippen LogP contribution in [0.1, 0.15) is 44.1 Å². The van der Waals surface area contributed by atoms with Crippen molar-refractivity contribution in [2.75, 3.05) is 0 Å². The summed E-state index contributed by atoms with van der Waals surface area (Å²) in [6.07, 6.45) is 8.24. The molecule has 0 saturated heterocycles. The first-order chi connectivity index (χ1) is 7.74. The van der Waals surface area contributed by atoms with Crippen LogP contribution in [0.4, 0.5) is 0 Å². The van der Waals surface area contributed by atoms with Crippen molar-refractivity contribution in [3.8, 4) is 12.3 Å². The van der Waals surface area contributed by atoms with Crippen molar-refractivity contribution in [1.29, 1.82) is 0 Å². The summed E-state index contributed by atoms with van der Waals surface area (Å²) in [7, 11) is 0. The van der Waals surface area contributed by atoms with Crippen LogP contribution < -0.4 is 0 Å². The number of benzene rings is 1. The number of hydrogen-bond donors (Lipinski definition) is 1. The molecule has 0 aliphatic heterocycles. The molecule has 0 bridgehead atoms. The van der Waals surface area contributed by atoms with E-state index in [0.29, 0.717) is 5.92 Å². The second-order valence-electron chi connectivity index (χ2n) is 4.30. The first kappa shape index (κ1) is 12.8. The van der Waals surface area contributed by atoms with Crippen LogP contribution in [-0.4, -0.2) is 11.2 Å². The van der Waals surface area contributed by atoms with Crippen molar-refractivity contribution in [3.63, 3.8) is 0 Å².